The molecular formula is C12H16F3N3. The largest absolute Gasteiger partial charge is 0.398 e. The Bertz CT molecular complexity index is 411. The van der Waals surface area contributed by atoms with Crippen LogP contribution < -0.4 is 5.73 Å². The second kappa shape index (κ2) is 6.84. The fourth-order valence-electron chi connectivity index (χ4n) is 1.10. The minimum absolute atomic E-state index is 0.120. The van der Waals surface area contributed by atoms with Crippen LogP contribution in [0.4, 0.5) is 13.2 Å². The lowest BCUT2D eigenvalue weighted by atomic mass is 10.0. The van der Waals surface area contributed by atoms with Crippen molar-refractivity contribution in [2.45, 2.75) is 33.4 Å². The maximum absolute atomic E-state index is 12.5. The standard InChI is InChI=1S/C12H16F3N3/c1-4-5-10(17)7-18-11(6-16)8(2)9(3)12(13,14)15/h5,7,9H,4,17H2,1-3H3/b10-5-,11-8+,18-7+. The van der Waals surface area contributed by atoms with Crippen LogP contribution >= 0.6 is 0 Å². The van der Waals surface area contributed by atoms with E-state index in [9.17, 15) is 13.2 Å². The van der Waals surface area contributed by atoms with Crippen LogP contribution in [0.3, 0.4) is 0 Å². The van der Waals surface area contributed by atoms with E-state index in [1.165, 1.54) is 13.1 Å². The van der Waals surface area contributed by atoms with Crippen molar-refractivity contribution in [3.63, 3.8) is 0 Å². The molecule has 0 saturated heterocycles. The van der Waals surface area contributed by atoms with E-state index in [2.05, 4.69) is 4.99 Å². The first-order valence-electron chi connectivity index (χ1n) is 5.41. The molecule has 0 aliphatic carbocycles. The quantitative estimate of drug-likeness (QED) is 0.622. The fraction of sp³-hybridized carbons (Fsp3) is 0.500. The topological polar surface area (TPSA) is 62.2 Å². The summed E-state index contributed by atoms with van der Waals surface area (Å²) in [6, 6.07) is 1.65. The highest BCUT2D eigenvalue weighted by Gasteiger charge is 2.38. The molecule has 2 N–H and O–H groups in total. The van der Waals surface area contributed by atoms with Gasteiger partial charge in [-0.1, -0.05) is 13.0 Å². The molecule has 0 fully saturated rings. The molecular weight excluding hydrogens is 243 g/mol. The monoisotopic (exact) mass is 259 g/mol. The van der Waals surface area contributed by atoms with Crippen LogP contribution in [-0.4, -0.2) is 12.4 Å². The maximum atomic E-state index is 12.5. The van der Waals surface area contributed by atoms with Crippen molar-refractivity contribution < 1.29 is 13.2 Å². The smallest absolute Gasteiger partial charge is 0.395 e. The maximum Gasteiger partial charge on any atom is 0.395 e. The van der Waals surface area contributed by atoms with Gasteiger partial charge in [-0.15, -0.1) is 0 Å². The first-order valence-corrected chi connectivity index (χ1v) is 5.41. The number of nitriles is 1. The van der Waals surface area contributed by atoms with Crippen LogP contribution in [0.2, 0.25) is 0 Å². The molecule has 1 atom stereocenters. The SMILES string of the molecule is CC/C=C(N)/C=N/C(C#N)=C(\C)C(C)C(F)(F)F. The lowest BCUT2D eigenvalue weighted by Gasteiger charge is -2.16. The Morgan fingerprint density at radius 2 is 2.06 bits per heavy atom. The molecule has 0 amide bonds. The average molecular weight is 259 g/mol. The Hall–Kier alpha value is -1.77. The first-order chi connectivity index (χ1) is 8.23. The molecule has 0 radical (unpaired) electrons. The second-order valence-electron chi connectivity index (χ2n) is 3.78. The third kappa shape index (κ3) is 5.04. The van der Waals surface area contributed by atoms with Gasteiger partial charge in [0, 0.05) is 5.70 Å². The van der Waals surface area contributed by atoms with Gasteiger partial charge in [0.2, 0.25) is 0 Å². The number of allylic oxidation sites excluding steroid dienone is 4. The summed E-state index contributed by atoms with van der Waals surface area (Å²) in [4.78, 5) is 3.70. The number of aliphatic imine (C=N–C) groups is 1. The predicted octanol–water partition coefficient (Wildman–Crippen LogP) is 3.31. The highest BCUT2D eigenvalue weighted by atomic mass is 19.4. The van der Waals surface area contributed by atoms with E-state index in [4.69, 9.17) is 11.0 Å². The molecule has 18 heavy (non-hydrogen) atoms. The summed E-state index contributed by atoms with van der Waals surface area (Å²) in [7, 11) is 0. The zero-order valence-corrected chi connectivity index (χ0v) is 10.5. The van der Waals surface area contributed by atoms with Crippen molar-refractivity contribution in [2.24, 2.45) is 16.6 Å². The van der Waals surface area contributed by atoms with E-state index >= 15 is 0 Å². The van der Waals surface area contributed by atoms with Crippen molar-refractivity contribution in [1.29, 1.82) is 5.26 Å². The Labute approximate surface area is 104 Å². The number of rotatable bonds is 4. The Morgan fingerprint density at radius 3 is 2.44 bits per heavy atom. The van der Waals surface area contributed by atoms with Crippen molar-refractivity contribution in [3.05, 3.63) is 23.0 Å². The van der Waals surface area contributed by atoms with E-state index < -0.39 is 12.1 Å². The van der Waals surface area contributed by atoms with Crippen LogP contribution in [0, 0.1) is 17.2 Å². The van der Waals surface area contributed by atoms with Crippen LogP contribution in [0.1, 0.15) is 27.2 Å². The number of hydrogen-bond donors (Lipinski definition) is 1. The van der Waals surface area contributed by atoms with Crippen LogP contribution in [0.25, 0.3) is 0 Å². The van der Waals surface area contributed by atoms with Gasteiger partial charge in [0.1, 0.15) is 11.8 Å². The van der Waals surface area contributed by atoms with Gasteiger partial charge in [-0.3, -0.25) is 0 Å². The third-order valence-corrected chi connectivity index (χ3v) is 2.40. The molecule has 0 saturated carbocycles. The van der Waals surface area contributed by atoms with Crippen molar-refractivity contribution >= 4 is 6.21 Å². The molecule has 0 spiro atoms. The molecule has 0 aromatic heterocycles. The second-order valence-corrected chi connectivity index (χ2v) is 3.78. The Morgan fingerprint density at radius 1 is 1.50 bits per heavy atom. The van der Waals surface area contributed by atoms with E-state index in [1.807, 2.05) is 6.92 Å². The predicted molar refractivity (Wildman–Crippen MR) is 64.6 cm³/mol. The summed E-state index contributed by atoms with van der Waals surface area (Å²) in [6.45, 7) is 4.10. The number of nitrogens with zero attached hydrogens (tertiary/aromatic N) is 2. The van der Waals surface area contributed by atoms with Crippen molar-refractivity contribution in [2.75, 3.05) is 0 Å². The van der Waals surface area contributed by atoms with E-state index in [1.54, 1.807) is 12.1 Å². The van der Waals surface area contributed by atoms with Gasteiger partial charge in [0.25, 0.3) is 0 Å². The molecule has 100 valence electrons. The molecule has 0 bridgehead atoms. The molecule has 0 rings (SSSR count). The van der Waals surface area contributed by atoms with Gasteiger partial charge < -0.3 is 5.73 Å². The molecule has 0 aromatic carbocycles. The molecule has 1 unspecified atom stereocenters. The molecule has 0 heterocycles. The number of halogens is 3. The first kappa shape index (κ1) is 16.2. The average Bonchev–Trinajstić information content (AvgIpc) is 2.27. The number of nitrogens with two attached hydrogens (primary N) is 1. The lowest BCUT2D eigenvalue weighted by Crippen LogP contribution is -2.21. The number of hydrogen-bond acceptors (Lipinski definition) is 3. The van der Waals surface area contributed by atoms with Gasteiger partial charge in [-0.25, -0.2) is 4.99 Å². The molecule has 0 aliphatic heterocycles. The highest BCUT2D eigenvalue weighted by Crippen LogP contribution is 2.32. The lowest BCUT2D eigenvalue weighted by molar-refractivity contribution is -0.159. The summed E-state index contributed by atoms with van der Waals surface area (Å²) in [5.74, 6) is -1.71. The zero-order valence-electron chi connectivity index (χ0n) is 10.5. The van der Waals surface area contributed by atoms with E-state index in [0.717, 1.165) is 6.92 Å². The van der Waals surface area contributed by atoms with Crippen molar-refractivity contribution in [3.8, 4) is 6.07 Å². The summed E-state index contributed by atoms with van der Waals surface area (Å²) in [5.41, 5.74) is 5.45. The number of alkyl halides is 3. The zero-order chi connectivity index (χ0) is 14.3. The third-order valence-electron chi connectivity index (χ3n) is 2.40. The van der Waals surface area contributed by atoms with Gasteiger partial charge in [-0.2, -0.15) is 18.4 Å². The van der Waals surface area contributed by atoms with E-state index in [0.29, 0.717) is 12.1 Å². The van der Waals surface area contributed by atoms with Crippen molar-refractivity contribution in [1.82, 2.24) is 0 Å². The molecule has 3 nitrogen and oxygen atoms in total. The van der Waals surface area contributed by atoms with Crippen LogP contribution in [0.5, 0.6) is 0 Å². The Balaban J connectivity index is 5.21. The van der Waals surface area contributed by atoms with E-state index in [-0.39, 0.29) is 11.3 Å². The summed E-state index contributed by atoms with van der Waals surface area (Å²) >= 11 is 0. The normalized spacial score (nSPS) is 16.4. The van der Waals surface area contributed by atoms with Gasteiger partial charge >= 0.3 is 6.18 Å². The summed E-state index contributed by atoms with van der Waals surface area (Å²) in [6.07, 6.45) is -0.858. The molecule has 0 aromatic rings. The highest BCUT2D eigenvalue weighted by molar-refractivity contribution is 5.78. The minimum atomic E-state index is -4.38. The van der Waals surface area contributed by atoms with Gasteiger partial charge in [0.05, 0.1) is 12.1 Å². The summed E-state index contributed by atoms with van der Waals surface area (Å²) in [5, 5.41) is 8.80. The minimum Gasteiger partial charge on any atom is -0.398 e. The summed E-state index contributed by atoms with van der Waals surface area (Å²) < 4.78 is 37.5. The van der Waals surface area contributed by atoms with Crippen LogP contribution in [-0.2, 0) is 0 Å². The van der Waals surface area contributed by atoms with Gasteiger partial charge in [-0.05, 0) is 25.8 Å². The Kier molecular flexibility index (Phi) is 6.17. The molecule has 0 aliphatic rings. The fourth-order valence-corrected chi connectivity index (χ4v) is 1.10. The molecule has 6 heteroatoms. The van der Waals surface area contributed by atoms with Gasteiger partial charge in [0.15, 0.2) is 0 Å². The van der Waals surface area contributed by atoms with Crippen LogP contribution in [0.15, 0.2) is 28.0 Å².